The van der Waals surface area contributed by atoms with E-state index in [0.29, 0.717) is 0 Å². The molecule has 0 aliphatic heterocycles. The van der Waals surface area contributed by atoms with E-state index >= 15 is 0 Å². The molecular formula is C13H18N2OS. The number of hydrogen-bond donors (Lipinski definition) is 1. The summed E-state index contributed by atoms with van der Waals surface area (Å²) in [6.07, 6.45) is 2.13. The van der Waals surface area contributed by atoms with Crippen LogP contribution in [0.25, 0.3) is 0 Å². The summed E-state index contributed by atoms with van der Waals surface area (Å²) in [6, 6.07) is 6.43. The molecule has 0 amide bonds. The van der Waals surface area contributed by atoms with Gasteiger partial charge in [0.05, 0.1) is 6.61 Å². The molecule has 17 heavy (non-hydrogen) atoms. The second-order valence-corrected chi connectivity index (χ2v) is 4.71. The molecule has 2 aromatic rings. The Labute approximate surface area is 106 Å². The van der Waals surface area contributed by atoms with Crippen LogP contribution < -0.4 is 5.32 Å². The summed E-state index contributed by atoms with van der Waals surface area (Å²) in [6.45, 7) is 3.49. The van der Waals surface area contributed by atoms with Crippen molar-refractivity contribution in [3.63, 3.8) is 0 Å². The molecule has 0 aromatic carbocycles. The number of aromatic nitrogens is 1. The largest absolute Gasteiger partial charge is 0.383 e. The fourth-order valence-electron chi connectivity index (χ4n) is 1.73. The molecule has 0 spiro atoms. The molecule has 0 aliphatic rings. The van der Waals surface area contributed by atoms with Crippen LogP contribution in [0.1, 0.15) is 11.3 Å². The summed E-state index contributed by atoms with van der Waals surface area (Å²) in [5.74, 6) is 0. The third kappa shape index (κ3) is 3.70. The van der Waals surface area contributed by atoms with Gasteiger partial charge in [0, 0.05) is 38.6 Å². The van der Waals surface area contributed by atoms with Crippen LogP contribution in [0.3, 0.4) is 0 Å². The molecule has 3 nitrogen and oxygen atoms in total. The Kier molecular flexibility index (Phi) is 4.79. The monoisotopic (exact) mass is 250 g/mol. The Balaban J connectivity index is 1.88. The van der Waals surface area contributed by atoms with E-state index in [0.717, 1.165) is 26.2 Å². The number of ether oxygens (including phenoxy) is 1. The minimum absolute atomic E-state index is 0.755. The maximum absolute atomic E-state index is 5.01. The molecule has 0 atom stereocenters. The lowest BCUT2D eigenvalue weighted by atomic mass is 10.3. The van der Waals surface area contributed by atoms with Gasteiger partial charge in [0.25, 0.3) is 0 Å². The Hall–Kier alpha value is -1.10. The lowest BCUT2D eigenvalue weighted by molar-refractivity contribution is 0.199. The molecule has 0 unspecified atom stereocenters. The summed E-state index contributed by atoms with van der Waals surface area (Å²) in [7, 11) is 1.72. The minimum atomic E-state index is 0.755. The average molecular weight is 250 g/mol. The Morgan fingerprint density at radius 3 is 3.12 bits per heavy atom. The minimum Gasteiger partial charge on any atom is -0.383 e. The van der Waals surface area contributed by atoms with E-state index in [-0.39, 0.29) is 0 Å². The highest BCUT2D eigenvalue weighted by molar-refractivity contribution is 7.07. The van der Waals surface area contributed by atoms with Gasteiger partial charge in [-0.1, -0.05) is 0 Å². The van der Waals surface area contributed by atoms with Crippen LogP contribution in [-0.2, 0) is 17.8 Å². The average Bonchev–Trinajstić information content (AvgIpc) is 2.97. The first-order valence-corrected chi connectivity index (χ1v) is 6.69. The third-order valence-electron chi connectivity index (χ3n) is 2.65. The zero-order chi connectivity index (χ0) is 11.9. The zero-order valence-electron chi connectivity index (χ0n) is 10.1. The molecule has 0 aliphatic carbocycles. The highest BCUT2D eigenvalue weighted by Gasteiger charge is 2.01. The lowest BCUT2D eigenvalue weighted by Crippen LogP contribution is -2.20. The fourth-order valence-corrected chi connectivity index (χ4v) is 2.39. The van der Waals surface area contributed by atoms with Crippen molar-refractivity contribution in [3.05, 3.63) is 46.4 Å². The van der Waals surface area contributed by atoms with Crippen molar-refractivity contribution in [2.75, 3.05) is 20.3 Å². The third-order valence-corrected chi connectivity index (χ3v) is 3.38. The van der Waals surface area contributed by atoms with Crippen LogP contribution in [0.5, 0.6) is 0 Å². The van der Waals surface area contributed by atoms with E-state index in [4.69, 9.17) is 4.74 Å². The molecule has 2 heterocycles. The number of nitrogens with zero attached hydrogens (tertiary/aromatic N) is 1. The van der Waals surface area contributed by atoms with Crippen LogP contribution in [-0.4, -0.2) is 24.8 Å². The SMILES string of the molecule is COCCNCc1cccn1Cc1ccsc1. The zero-order valence-corrected chi connectivity index (χ0v) is 10.9. The summed E-state index contributed by atoms with van der Waals surface area (Å²) in [5.41, 5.74) is 2.68. The Morgan fingerprint density at radius 2 is 2.35 bits per heavy atom. The molecule has 0 saturated heterocycles. The molecule has 4 heteroatoms. The van der Waals surface area contributed by atoms with E-state index < -0.39 is 0 Å². The molecular weight excluding hydrogens is 232 g/mol. The van der Waals surface area contributed by atoms with Gasteiger partial charge < -0.3 is 14.6 Å². The second kappa shape index (κ2) is 6.59. The molecule has 92 valence electrons. The molecule has 2 aromatic heterocycles. The topological polar surface area (TPSA) is 26.2 Å². The molecule has 0 bridgehead atoms. The summed E-state index contributed by atoms with van der Waals surface area (Å²) in [4.78, 5) is 0. The van der Waals surface area contributed by atoms with Crippen LogP contribution in [0, 0.1) is 0 Å². The maximum atomic E-state index is 5.01. The molecule has 1 N–H and O–H groups in total. The van der Waals surface area contributed by atoms with E-state index in [1.807, 2.05) is 0 Å². The number of thiophene rings is 1. The lowest BCUT2D eigenvalue weighted by Gasteiger charge is -2.09. The van der Waals surface area contributed by atoms with Gasteiger partial charge in [-0.15, -0.1) is 0 Å². The Morgan fingerprint density at radius 1 is 1.41 bits per heavy atom. The van der Waals surface area contributed by atoms with Gasteiger partial charge in [0.2, 0.25) is 0 Å². The second-order valence-electron chi connectivity index (χ2n) is 3.93. The van der Waals surface area contributed by atoms with Gasteiger partial charge in [-0.3, -0.25) is 0 Å². The van der Waals surface area contributed by atoms with Crippen molar-refractivity contribution in [3.8, 4) is 0 Å². The van der Waals surface area contributed by atoms with Crippen molar-refractivity contribution in [2.45, 2.75) is 13.1 Å². The highest BCUT2D eigenvalue weighted by atomic mass is 32.1. The van der Waals surface area contributed by atoms with E-state index in [9.17, 15) is 0 Å². The molecule has 0 radical (unpaired) electrons. The van der Waals surface area contributed by atoms with Crippen molar-refractivity contribution >= 4 is 11.3 Å². The van der Waals surface area contributed by atoms with E-state index in [2.05, 4.69) is 45.0 Å². The van der Waals surface area contributed by atoms with Gasteiger partial charge in [0.15, 0.2) is 0 Å². The summed E-state index contributed by atoms with van der Waals surface area (Å²) < 4.78 is 7.29. The molecule has 0 saturated carbocycles. The van der Waals surface area contributed by atoms with Crippen LogP contribution in [0.4, 0.5) is 0 Å². The van der Waals surface area contributed by atoms with Gasteiger partial charge in [0.1, 0.15) is 0 Å². The van der Waals surface area contributed by atoms with Crippen molar-refractivity contribution in [1.29, 1.82) is 0 Å². The van der Waals surface area contributed by atoms with Crippen LogP contribution in [0.2, 0.25) is 0 Å². The first-order valence-electron chi connectivity index (χ1n) is 5.75. The number of methoxy groups -OCH3 is 1. The van der Waals surface area contributed by atoms with Crippen LogP contribution in [0.15, 0.2) is 35.2 Å². The highest BCUT2D eigenvalue weighted by Crippen LogP contribution is 2.10. The fraction of sp³-hybridized carbons (Fsp3) is 0.385. The number of hydrogen-bond acceptors (Lipinski definition) is 3. The van der Waals surface area contributed by atoms with Crippen molar-refractivity contribution < 1.29 is 4.74 Å². The summed E-state index contributed by atoms with van der Waals surface area (Å²) >= 11 is 1.75. The first kappa shape index (κ1) is 12.4. The standard InChI is InChI=1S/C13H18N2OS/c1-16-7-5-14-9-13-3-2-6-15(13)10-12-4-8-17-11-12/h2-4,6,8,11,14H,5,7,9-10H2,1H3. The molecule has 2 rings (SSSR count). The smallest absolute Gasteiger partial charge is 0.0587 e. The van der Waals surface area contributed by atoms with Crippen molar-refractivity contribution in [1.82, 2.24) is 9.88 Å². The Bertz CT molecular complexity index is 422. The van der Waals surface area contributed by atoms with Gasteiger partial charge in [-0.2, -0.15) is 11.3 Å². The van der Waals surface area contributed by atoms with Gasteiger partial charge in [-0.25, -0.2) is 0 Å². The molecule has 0 fully saturated rings. The predicted octanol–water partition coefficient (Wildman–Crippen LogP) is 2.33. The van der Waals surface area contributed by atoms with Crippen LogP contribution >= 0.6 is 11.3 Å². The van der Waals surface area contributed by atoms with Crippen molar-refractivity contribution in [2.24, 2.45) is 0 Å². The van der Waals surface area contributed by atoms with E-state index in [1.165, 1.54) is 11.3 Å². The van der Waals surface area contributed by atoms with E-state index in [1.54, 1.807) is 18.4 Å². The summed E-state index contributed by atoms with van der Waals surface area (Å²) in [5, 5.41) is 7.68. The first-order chi connectivity index (χ1) is 8.40. The predicted molar refractivity (Wildman–Crippen MR) is 71.4 cm³/mol. The normalized spacial score (nSPS) is 10.9. The van der Waals surface area contributed by atoms with Gasteiger partial charge >= 0.3 is 0 Å². The number of nitrogens with one attached hydrogen (secondary N) is 1. The van der Waals surface area contributed by atoms with Gasteiger partial charge in [-0.05, 0) is 34.5 Å². The quantitative estimate of drug-likeness (QED) is 0.763. The maximum Gasteiger partial charge on any atom is 0.0587 e. The number of rotatable bonds is 7.